The van der Waals surface area contributed by atoms with Crippen LogP contribution in [-0.2, 0) is 0 Å². The van der Waals surface area contributed by atoms with Gasteiger partial charge in [-0.15, -0.1) is 0 Å². The first-order valence-corrected chi connectivity index (χ1v) is 4.00. The molecule has 0 saturated heterocycles. The van der Waals surface area contributed by atoms with Crippen LogP contribution in [0, 0.1) is 5.41 Å². The highest BCUT2D eigenvalue weighted by molar-refractivity contribution is 7.81. The van der Waals surface area contributed by atoms with Gasteiger partial charge in [0.25, 0.3) is 0 Å². The molecule has 0 aliphatic heterocycles. The summed E-state index contributed by atoms with van der Waals surface area (Å²) in [7, 11) is 0. The maximum absolute atomic E-state index is 12.3. The van der Waals surface area contributed by atoms with Gasteiger partial charge in [0.15, 0.2) is 0 Å². The molecule has 0 amide bonds. The highest BCUT2D eigenvalue weighted by Crippen LogP contribution is 2.31. The van der Waals surface area contributed by atoms with Crippen molar-refractivity contribution >= 4 is 12.6 Å². The minimum absolute atomic E-state index is 0.0599. The zero-order valence-electron chi connectivity index (χ0n) is 7.24. The van der Waals surface area contributed by atoms with Crippen molar-refractivity contribution in [3.8, 4) is 0 Å². The molecular weight excluding hydrogens is 147 g/mol. The fraction of sp³-hybridized carbons (Fsp3) is 1.00. The van der Waals surface area contributed by atoms with Crippen molar-refractivity contribution in [3.63, 3.8) is 0 Å². The average Bonchev–Trinajstić information content (AvgIpc) is 1.60. The van der Waals surface area contributed by atoms with E-state index in [-0.39, 0.29) is 16.8 Å². The van der Waals surface area contributed by atoms with Crippen molar-refractivity contribution in [3.05, 3.63) is 0 Å². The van der Waals surface area contributed by atoms with E-state index in [9.17, 15) is 4.39 Å². The van der Waals surface area contributed by atoms with Gasteiger partial charge >= 0.3 is 0 Å². The number of thiol groups is 1. The minimum Gasteiger partial charge on any atom is -0.251 e. The van der Waals surface area contributed by atoms with Crippen LogP contribution in [0.4, 0.5) is 4.39 Å². The quantitative estimate of drug-likeness (QED) is 0.609. The van der Waals surface area contributed by atoms with E-state index in [1.54, 1.807) is 0 Å². The normalized spacial score (nSPS) is 13.8. The average molecular weight is 164 g/mol. The highest BCUT2D eigenvalue weighted by atomic mass is 32.1. The number of rotatable bonds is 3. The number of alkyl halides is 1. The maximum Gasteiger partial charge on any atom is 0.0945 e. The Hall–Kier alpha value is 0.280. The molecule has 0 atom stereocenters. The lowest BCUT2D eigenvalue weighted by molar-refractivity contribution is 0.223. The molecule has 0 fully saturated rings. The zero-order valence-corrected chi connectivity index (χ0v) is 8.13. The maximum atomic E-state index is 12.3. The Kier molecular flexibility index (Phi) is 3.21. The van der Waals surface area contributed by atoms with Crippen LogP contribution in [0.25, 0.3) is 0 Å². The fourth-order valence-electron chi connectivity index (χ4n) is 1.22. The van der Waals surface area contributed by atoms with Gasteiger partial charge in [0.05, 0.1) is 6.67 Å². The molecule has 0 heterocycles. The third kappa shape index (κ3) is 5.10. The molecule has 2 heteroatoms. The summed E-state index contributed by atoms with van der Waals surface area (Å²) in [6, 6.07) is 0. The standard InChI is InChI=1S/C8H17FS/c1-7(2,6-9)5-8(3,4)10/h10H,5-6H2,1-4H3. The predicted molar refractivity (Wildman–Crippen MR) is 47.4 cm³/mol. The number of halogens is 1. The lowest BCUT2D eigenvalue weighted by Crippen LogP contribution is -2.25. The highest BCUT2D eigenvalue weighted by Gasteiger charge is 2.25. The molecule has 10 heavy (non-hydrogen) atoms. The Bertz CT molecular complexity index is 102. The van der Waals surface area contributed by atoms with Gasteiger partial charge in [-0.25, -0.2) is 0 Å². The first-order chi connectivity index (χ1) is 4.27. The Morgan fingerprint density at radius 3 is 1.70 bits per heavy atom. The van der Waals surface area contributed by atoms with Crippen molar-refractivity contribution in [1.29, 1.82) is 0 Å². The summed E-state index contributed by atoms with van der Waals surface area (Å²) in [6.07, 6.45) is 0.805. The third-order valence-corrected chi connectivity index (χ3v) is 1.43. The van der Waals surface area contributed by atoms with E-state index in [1.807, 2.05) is 27.7 Å². The van der Waals surface area contributed by atoms with Crippen molar-refractivity contribution < 1.29 is 4.39 Å². The Labute approximate surface area is 68.6 Å². The van der Waals surface area contributed by atoms with Gasteiger partial charge in [0, 0.05) is 4.75 Å². The molecule has 0 spiro atoms. The van der Waals surface area contributed by atoms with Crippen molar-refractivity contribution in [2.24, 2.45) is 5.41 Å². The van der Waals surface area contributed by atoms with E-state index in [4.69, 9.17) is 0 Å². The van der Waals surface area contributed by atoms with Gasteiger partial charge in [-0.2, -0.15) is 12.6 Å². The first kappa shape index (κ1) is 10.3. The topological polar surface area (TPSA) is 0 Å². The van der Waals surface area contributed by atoms with Crippen molar-refractivity contribution in [2.45, 2.75) is 38.9 Å². The van der Waals surface area contributed by atoms with Gasteiger partial charge < -0.3 is 0 Å². The largest absolute Gasteiger partial charge is 0.251 e. The summed E-state index contributed by atoms with van der Waals surface area (Å²) >= 11 is 4.34. The lowest BCUT2D eigenvalue weighted by Gasteiger charge is -2.28. The second-order valence-corrected chi connectivity index (χ2v) is 5.50. The van der Waals surface area contributed by atoms with E-state index in [0.29, 0.717) is 0 Å². The Balaban J connectivity index is 3.89. The molecule has 0 nitrogen and oxygen atoms in total. The van der Waals surface area contributed by atoms with Crippen LogP contribution in [0.5, 0.6) is 0 Å². The Morgan fingerprint density at radius 2 is 1.60 bits per heavy atom. The van der Waals surface area contributed by atoms with Gasteiger partial charge in [-0.1, -0.05) is 27.7 Å². The molecule has 62 valence electrons. The van der Waals surface area contributed by atoms with E-state index in [2.05, 4.69) is 12.6 Å². The molecule has 0 aromatic carbocycles. The molecule has 0 aliphatic rings. The molecule has 0 aromatic heterocycles. The number of hydrogen-bond donors (Lipinski definition) is 1. The van der Waals surface area contributed by atoms with Crippen molar-refractivity contribution in [2.75, 3.05) is 6.67 Å². The van der Waals surface area contributed by atoms with Crippen LogP contribution < -0.4 is 0 Å². The summed E-state index contributed by atoms with van der Waals surface area (Å²) in [6.45, 7) is 7.59. The molecule has 0 radical (unpaired) electrons. The van der Waals surface area contributed by atoms with Gasteiger partial charge in [0.2, 0.25) is 0 Å². The summed E-state index contributed by atoms with van der Waals surface area (Å²) in [5.74, 6) is 0. The van der Waals surface area contributed by atoms with E-state index >= 15 is 0 Å². The van der Waals surface area contributed by atoms with E-state index in [0.717, 1.165) is 6.42 Å². The second-order valence-electron chi connectivity index (χ2n) is 4.29. The smallest absolute Gasteiger partial charge is 0.0945 e. The zero-order chi connectivity index (χ0) is 8.41. The van der Waals surface area contributed by atoms with Gasteiger partial charge in [0.1, 0.15) is 0 Å². The third-order valence-electron chi connectivity index (χ3n) is 1.27. The summed E-state index contributed by atoms with van der Waals surface area (Å²) in [4.78, 5) is 0. The Morgan fingerprint density at radius 1 is 1.20 bits per heavy atom. The fourth-order valence-corrected chi connectivity index (χ4v) is 1.65. The molecule has 0 unspecified atom stereocenters. The predicted octanol–water partition coefficient (Wildman–Crippen LogP) is 3.08. The minimum atomic E-state index is -0.267. The van der Waals surface area contributed by atoms with Gasteiger partial charge in [-0.3, -0.25) is 4.39 Å². The van der Waals surface area contributed by atoms with Crippen molar-refractivity contribution in [1.82, 2.24) is 0 Å². The van der Waals surface area contributed by atoms with Crippen LogP contribution in [0.2, 0.25) is 0 Å². The summed E-state index contributed by atoms with van der Waals surface area (Å²) in [5.41, 5.74) is -0.217. The van der Waals surface area contributed by atoms with Crippen LogP contribution in [0.1, 0.15) is 34.1 Å². The summed E-state index contributed by atoms with van der Waals surface area (Å²) in [5, 5.41) is 0. The molecule has 0 aliphatic carbocycles. The second kappa shape index (κ2) is 3.12. The van der Waals surface area contributed by atoms with Crippen LogP contribution >= 0.6 is 12.6 Å². The molecule has 0 bridgehead atoms. The molecule has 0 rings (SSSR count). The summed E-state index contributed by atoms with van der Waals surface area (Å²) < 4.78 is 12.2. The molecular formula is C8H17FS. The van der Waals surface area contributed by atoms with E-state index in [1.165, 1.54) is 0 Å². The monoisotopic (exact) mass is 164 g/mol. The van der Waals surface area contributed by atoms with Crippen LogP contribution in [-0.4, -0.2) is 11.4 Å². The number of hydrogen-bond acceptors (Lipinski definition) is 1. The van der Waals surface area contributed by atoms with Crippen LogP contribution in [0.3, 0.4) is 0 Å². The SMILES string of the molecule is CC(C)(S)CC(C)(C)CF. The molecule has 0 saturated carbocycles. The van der Waals surface area contributed by atoms with E-state index < -0.39 is 0 Å². The van der Waals surface area contributed by atoms with Crippen LogP contribution in [0.15, 0.2) is 0 Å². The molecule has 0 N–H and O–H groups in total. The first-order valence-electron chi connectivity index (χ1n) is 3.55. The lowest BCUT2D eigenvalue weighted by atomic mass is 9.85. The van der Waals surface area contributed by atoms with Gasteiger partial charge in [-0.05, 0) is 11.8 Å². The molecule has 0 aromatic rings.